The topological polar surface area (TPSA) is 92.5 Å². The zero-order valence-corrected chi connectivity index (χ0v) is 15.2. The molecule has 134 valence electrons. The first-order valence-electron chi connectivity index (χ1n) is 7.83. The van der Waals surface area contributed by atoms with E-state index in [0.29, 0.717) is 35.7 Å². The van der Waals surface area contributed by atoms with E-state index >= 15 is 0 Å². The summed E-state index contributed by atoms with van der Waals surface area (Å²) in [6.45, 7) is 2.03. The van der Waals surface area contributed by atoms with Crippen molar-refractivity contribution in [1.82, 2.24) is 9.46 Å². The van der Waals surface area contributed by atoms with Crippen molar-refractivity contribution in [3.05, 3.63) is 46.7 Å². The molecule has 0 bridgehead atoms. The molecule has 0 unspecified atom stereocenters. The maximum Gasteiger partial charge on any atom is 0.244 e. The van der Waals surface area contributed by atoms with Gasteiger partial charge in [-0.2, -0.15) is 4.31 Å². The zero-order valence-electron chi connectivity index (χ0n) is 13.6. The van der Waals surface area contributed by atoms with Crippen molar-refractivity contribution < 1.29 is 17.7 Å². The molecule has 1 amide bonds. The average Bonchev–Trinajstić information content (AvgIpc) is 3.19. The molecule has 2 aromatic rings. The normalized spacial score (nSPS) is 18.4. The van der Waals surface area contributed by atoms with Crippen molar-refractivity contribution in [1.29, 1.82) is 0 Å². The first-order chi connectivity index (χ1) is 11.8. The summed E-state index contributed by atoms with van der Waals surface area (Å²) in [5.41, 5.74) is 0.627. The molecule has 0 spiro atoms. The van der Waals surface area contributed by atoms with E-state index < -0.39 is 22.0 Å². The summed E-state index contributed by atoms with van der Waals surface area (Å²) < 4.78 is 31.6. The molecule has 25 heavy (non-hydrogen) atoms. The molecule has 0 aliphatic carbocycles. The average molecular weight is 384 g/mol. The molecule has 1 fully saturated rings. The molecule has 1 saturated heterocycles. The van der Waals surface area contributed by atoms with Crippen molar-refractivity contribution in [2.75, 3.05) is 11.9 Å². The van der Waals surface area contributed by atoms with Gasteiger partial charge in [-0.05, 0) is 37.5 Å². The summed E-state index contributed by atoms with van der Waals surface area (Å²) in [4.78, 5) is 12.5. The van der Waals surface area contributed by atoms with E-state index in [2.05, 4.69) is 10.5 Å². The number of halogens is 1. The molecule has 1 aliphatic heterocycles. The molecule has 0 saturated carbocycles. The van der Waals surface area contributed by atoms with Crippen LogP contribution in [0.1, 0.15) is 24.2 Å². The van der Waals surface area contributed by atoms with Crippen LogP contribution in [0.4, 0.5) is 5.82 Å². The maximum atomic E-state index is 12.7. The van der Waals surface area contributed by atoms with Crippen LogP contribution in [0.3, 0.4) is 0 Å². The van der Waals surface area contributed by atoms with Gasteiger partial charge in [0.05, 0.1) is 5.75 Å². The number of anilines is 1. The molecule has 3 rings (SSSR count). The number of hydrogen-bond donors (Lipinski definition) is 1. The van der Waals surface area contributed by atoms with E-state index in [9.17, 15) is 13.2 Å². The molecule has 1 N–H and O–H groups in total. The number of sulfonamides is 1. The van der Waals surface area contributed by atoms with Crippen molar-refractivity contribution in [2.24, 2.45) is 0 Å². The van der Waals surface area contributed by atoms with Gasteiger partial charge >= 0.3 is 0 Å². The lowest BCUT2D eigenvalue weighted by atomic mass is 10.2. The SMILES string of the molecule is Cc1cc(NC(=O)[C@@H]2CCCN2S(=O)(=O)Cc2ccc(Cl)cc2)no1. The summed E-state index contributed by atoms with van der Waals surface area (Å²) in [6.07, 6.45) is 1.11. The Bertz CT molecular complexity index is 864. The standard InChI is InChI=1S/C16H18ClN3O4S/c1-11-9-15(19-24-11)18-16(21)14-3-2-8-20(14)25(22,23)10-12-4-6-13(17)7-5-12/h4-7,9,14H,2-3,8,10H2,1H3,(H,18,19,21)/t14-/m0/s1. The van der Waals surface area contributed by atoms with Gasteiger partial charge in [-0.15, -0.1) is 0 Å². The molecule has 1 aliphatic rings. The first kappa shape index (κ1) is 17.9. The third kappa shape index (κ3) is 4.20. The van der Waals surface area contributed by atoms with Crippen LogP contribution in [0.5, 0.6) is 0 Å². The number of amides is 1. The van der Waals surface area contributed by atoms with Crippen LogP contribution >= 0.6 is 11.6 Å². The highest BCUT2D eigenvalue weighted by Crippen LogP contribution is 2.25. The number of nitrogens with zero attached hydrogens (tertiary/aromatic N) is 2. The molecular weight excluding hydrogens is 366 g/mol. The third-order valence-corrected chi connectivity index (χ3v) is 6.11. The molecular formula is C16H18ClN3O4S. The molecule has 7 nitrogen and oxygen atoms in total. The van der Waals surface area contributed by atoms with E-state index in [1.54, 1.807) is 37.3 Å². The predicted molar refractivity (Wildman–Crippen MR) is 93.7 cm³/mol. The zero-order chi connectivity index (χ0) is 18.0. The van der Waals surface area contributed by atoms with E-state index in [1.165, 1.54) is 4.31 Å². The molecule has 1 atom stereocenters. The Morgan fingerprint density at radius 1 is 1.40 bits per heavy atom. The summed E-state index contributed by atoms with van der Waals surface area (Å²) in [7, 11) is -3.62. The Labute approximate surface area is 151 Å². The van der Waals surface area contributed by atoms with Gasteiger partial charge in [0, 0.05) is 17.6 Å². The largest absolute Gasteiger partial charge is 0.360 e. The van der Waals surface area contributed by atoms with Gasteiger partial charge in [0.25, 0.3) is 0 Å². The van der Waals surface area contributed by atoms with Gasteiger partial charge in [-0.25, -0.2) is 8.42 Å². The fraction of sp³-hybridized carbons (Fsp3) is 0.375. The first-order valence-corrected chi connectivity index (χ1v) is 9.82. The lowest BCUT2D eigenvalue weighted by Crippen LogP contribution is -2.43. The van der Waals surface area contributed by atoms with Gasteiger partial charge in [-0.1, -0.05) is 28.9 Å². The summed E-state index contributed by atoms with van der Waals surface area (Å²) >= 11 is 5.83. The fourth-order valence-electron chi connectivity index (χ4n) is 2.84. The van der Waals surface area contributed by atoms with Crippen LogP contribution < -0.4 is 5.32 Å². The smallest absolute Gasteiger partial charge is 0.244 e. The second kappa shape index (κ2) is 7.15. The summed E-state index contributed by atoms with van der Waals surface area (Å²) in [5.74, 6) is 0.278. The van der Waals surface area contributed by atoms with Gasteiger partial charge in [0.15, 0.2) is 5.82 Å². The minimum atomic E-state index is -3.62. The Morgan fingerprint density at radius 2 is 2.12 bits per heavy atom. The fourth-order valence-corrected chi connectivity index (χ4v) is 4.75. The highest BCUT2D eigenvalue weighted by Gasteiger charge is 2.38. The number of rotatable bonds is 5. The van der Waals surface area contributed by atoms with Crippen molar-refractivity contribution in [2.45, 2.75) is 31.6 Å². The minimum Gasteiger partial charge on any atom is -0.360 e. The molecule has 9 heteroatoms. The second-order valence-corrected chi connectivity index (χ2v) is 8.32. The van der Waals surface area contributed by atoms with Crippen LogP contribution in [0.15, 0.2) is 34.9 Å². The monoisotopic (exact) mass is 383 g/mol. The minimum absolute atomic E-state index is 0.170. The van der Waals surface area contributed by atoms with E-state index in [-0.39, 0.29) is 11.6 Å². The number of carbonyl (C=O) groups is 1. The third-order valence-electron chi connectivity index (χ3n) is 4.01. The summed E-state index contributed by atoms with van der Waals surface area (Å²) in [6, 6.07) is 7.47. The summed E-state index contributed by atoms with van der Waals surface area (Å²) in [5, 5.41) is 6.86. The molecule has 2 heterocycles. The van der Waals surface area contributed by atoms with E-state index in [1.807, 2.05) is 0 Å². The van der Waals surface area contributed by atoms with Crippen LogP contribution in [-0.4, -0.2) is 36.4 Å². The number of benzene rings is 1. The van der Waals surface area contributed by atoms with Gasteiger partial charge in [0.2, 0.25) is 15.9 Å². The van der Waals surface area contributed by atoms with Gasteiger partial charge in [-0.3, -0.25) is 4.79 Å². The van der Waals surface area contributed by atoms with Gasteiger partial charge in [0.1, 0.15) is 11.8 Å². The van der Waals surface area contributed by atoms with Crippen LogP contribution in [0.2, 0.25) is 5.02 Å². The van der Waals surface area contributed by atoms with Crippen LogP contribution in [0, 0.1) is 6.92 Å². The number of hydrogen-bond acceptors (Lipinski definition) is 5. The predicted octanol–water partition coefficient (Wildman–Crippen LogP) is 2.57. The Hall–Kier alpha value is -1.90. The lowest BCUT2D eigenvalue weighted by molar-refractivity contribution is -0.119. The second-order valence-electron chi connectivity index (χ2n) is 5.96. The Balaban J connectivity index is 1.73. The van der Waals surface area contributed by atoms with Gasteiger partial charge < -0.3 is 9.84 Å². The van der Waals surface area contributed by atoms with Crippen LogP contribution in [0.25, 0.3) is 0 Å². The molecule has 1 aromatic heterocycles. The Kier molecular flexibility index (Phi) is 5.12. The van der Waals surface area contributed by atoms with E-state index in [0.717, 1.165) is 0 Å². The number of carbonyl (C=O) groups excluding carboxylic acids is 1. The van der Waals surface area contributed by atoms with Crippen molar-refractivity contribution in [3.63, 3.8) is 0 Å². The van der Waals surface area contributed by atoms with Crippen LogP contribution in [-0.2, 0) is 20.6 Å². The van der Waals surface area contributed by atoms with Crippen molar-refractivity contribution >= 4 is 33.3 Å². The number of aromatic nitrogens is 1. The quantitative estimate of drug-likeness (QED) is 0.856. The highest BCUT2D eigenvalue weighted by molar-refractivity contribution is 7.88. The maximum absolute atomic E-state index is 12.7. The Morgan fingerprint density at radius 3 is 2.76 bits per heavy atom. The molecule has 0 radical (unpaired) electrons. The van der Waals surface area contributed by atoms with E-state index in [4.69, 9.17) is 16.1 Å². The highest BCUT2D eigenvalue weighted by atomic mass is 35.5. The number of nitrogens with one attached hydrogen (secondary N) is 1. The molecule has 1 aromatic carbocycles. The lowest BCUT2D eigenvalue weighted by Gasteiger charge is -2.23. The van der Waals surface area contributed by atoms with Crippen molar-refractivity contribution in [3.8, 4) is 0 Å². The number of aryl methyl sites for hydroxylation is 1.